The number of hydrogen-bond donors (Lipinski definition) is 1. The van der Waals surface area contributed by atoms with Gasteiger partial charge in [0.25, 0.3) is 0 Å². The van der Waals surface area contributed by atoms with Gasteiger partial charge in [0.05, 0.1) is 11.4 Å². The zero-order valence-electron chi connectivity index (χ0n) is 13.6. The highest BCUT2D eigenvalue weighted by molar-refractivity contribution is 8.14. The van der Waals surface area contributed by atoms with Crippen LogP contribution in [0.2, 0.25) is 0 Å². The van der Waals surface area contributed by atoms with Crippen molar-refractivity contribution in [2.45, 2.75) is 44.4 Å². The van der Waals surface area contributed by atoms with Crippen LogP contribution in [0.5, 0.6) is 0 Å². The number of Topliss-reactive ketones (excluding diaryl/α,β-unsaturated/α-hetero) is 1. The van der Waals surface area contributed by atoms with Crippen LogP contribution in [0.15, 0.2) is 17.5 Å². The third kappa shape index (κ3) is 3.60. The third-order valence-electron chi connectivity index (χ3n) is 4.37. The number of nitrogens with zero attached hydrogens (tertiary/aromatic N) is 1. The molecule has 0 radical (unpaired) electrons. The predicted molar refractivity (Wildman–Crippen MR) is 92.2 cm³/mol. The molecule has 1 saturated heterocycles. The van der Waals surface area contributed by atoms with Gasteiger partial charge < -0.3 is 5.11 Å². The smallest absolute Gasteiger partial charge is 0.435 e. The monoisotopic (exact) mass is 370 g/mol. The van der Waals surface area contributed by atoms with E-state index in [1.807, 2.05) is 0 Å². The lowest BCUT2D eigenvalue weighted by Crippen LogP contribution is -2.61. The highest BCUT2D eigenvalue weighted by Crippen LogP contribution is 2.33. The molecule has 24 heavy (non-hydrogen) atoms. The third-order valence-corrected chi connectivity index (χ3v) is 6.27. The lowest BCUT2D eigenvalue weighted by atomic mass is 10.1. The number of imide groups is 1. The summed E-state index contributed by atoms with van der Waals surface area (Å²) in [6, 6.07) is 3.04. The van der Waals surface area contributed by atoms with Gasteiger partial charge in [-0.05, 0) is 18.4 Å². The van der Waals surface area contributed by atoms with Crippen LogP contribution in [0.3, 0.4) is 0 Å². The van der Waals surface area contributed by atoms with Gasteiger partial charge in [0.1, 0.15) is 11.3 Å². The average molecular weight is 370 g/mol. The van der Waals surface area contributed by atoms with Crippen molar-refractivity contribution in [3.8, 4) is 0 Å². The van der Waals surface area contributed by atoms with Gasteiger partial charge in [0, 0.05) is 26.2 Å². The van der Waals surface area contributed by atoms with E-state index in [2.05, 4.69) is 0 Å². The van der Waals surface area contributed by atoms with Gasteiger partial charge in [0.15, 0.2) is 10.9 Å². The number of carbonyl (C=O) groups is 4. The summed E-state index contributed by atoms with van der Waals surface area (Å²) in [5, 5.41) is 10.2. The second-order valence-electron chi connectivity index (χ2n) is 5.91. The molecule has 1 aromatic heterocycles. The molecule has 1 aliphatic rings. The summed E-state index contributed by atoms with van der Waals surface area (Å²) in [7, 11) is 0. The topological polar surface area (TPSA) is 88.5 Å². The highest BCUT2D eigenvalue weighted by atomic mass is 32.2. The summed E-state index contributed by atoms with van der Waals surface area (Å²) in [5.41, 5.74) is 0. The van der Waals surface area contributed by atoms with Gasteiger partial charge in [-0.15, -0.1) is 11.3 Å². The maximum atomic E-state index is 13.0. The Hall–Kier alpha value is -1.51. The number of thiophene rings is 1. The van der Waals surface area contributed by atoms with Crippen LogP contribution in [0.4, 0.5) is 4.79 Å². The van der Waals surface area contributed by atoms with E-state index in [9.17, 15) is 24.3 Å². The highest BCUT2D eigenvalue weighted by Gasteiger charge is 2.55. The van der Waals surface area contributed by atoms with Crippen LogP contribution in [0.1, 0.15) is 42.8 Å². The molecule has 1 fully saturated rings. The fraction of sp³-hybridized carbons (Fsp3) is 0.500. The van der Waals surface area contributed by atoms with Crippen molar-refractivity contribution in [1.82, 2.24) is 0 Å². The van der Waals surface area contributed by atoms with Crippen LogP contribution in [0, 0.1) is 0 Å². The second-order valence-corrected chi connectivity index (χ2v) is 8.23. The summed E-state index contributed by atoms with van der Waals surface area (Å²) >= 11 is 2.02. The molecule has 1 N–H and O–H groups in total. The fourth-order valence-electron chi connectivity index (χ4n) is 3.13. The molecular formula is C16H20NO5S2+. The number of amides is 2. The largest absolute Gasteiger partial charge is 0.521 e. The molecule has 6 nitrogen and oxygen atoms in total. The summed E-state index contributed by atoms with van der Waals surface area (Å²) in [5.74, 6) is -0.801. The zero-order valence-corrected chi connectivity index (χ0v) is 15.2. The Bertz CT molecular complexity index is 657. The zero-order chi connectivity index (χ0) is 17.9. The Morgan fingerprint density at radius 3 is 2.58 bits per heavy atom. The minimum absolute atomic E-state index is 0.163. The van der Waals surface area contributed by atoms with Crippen molar-refractivity contribution in [2.75, 3.05) is 6.54 Å². The maximum absolute atomic E-state index is 13.0. The number of likely N-dealkylation sites (tertiary alicyclic amines) is 1. The molecule has 2 rings (SSSR count). The molecule has 8 heteroatoms. The van der Waals surface area contributed by atoms with Crippen LogP contribution in [-0.4, -0.2) is 50.3 Å². The molecule has 1 aromatic rings. The molecule has 2 unspecified atom stereocenters. The first-order valence-corrected chi connectivity index (χ1v) is 9.44. The molecule has 0 aliphatic carbocycles. The van der Waals surface area contributed by atoms with Crippen LogP contribution < -0.4 is 0 Å². The lowest BCUT2D eigenvalue weighted by molar-refractivity contribution is -0.792. The van der Waals surface area contributed by atoms with Crippen LogP contribution in [-0.2, 0) is 9.59 Å². The molecule has 2 amide bonds. The van der Waals surface area contributed by atoms with Crippen LogP contribution >= 0.6 is 23.1 Å². The fourth-order valence-corrected chi connectivity index (χ4v) is 4.73. The summed E-state index contributed by atoms with van der Waals surface area (Å²) in [4.78, 5) is 49.3. The first kappa shape index (κ1) is 18.8. The van der Waals surface area contributed by atoms with E-state index in [4.69, 9.17) is 0 Å². The van der Waals surface area contributed by atoms with Gasteiger partial charge >= 0.3 is 12.0 Å². The van der Waals surface area contributed by atoms with E-state index in [-0.39, 0.29) is 29.9 Å². The normalized spacial score (nSPS) is 24.5. The lowest BCUT2D eigenvalue weighted by Gasteiger charge is -2.32. The van der Waals surface area contributed by atoms with Gasteiger partial charge in [-0.2, -0.15) is 9.28 Å². The van der Waals surface area contributed by atoms with Crippen molar-refractivity contribution in [3.05, 3.63) is 22.4 Å². The molecule has 2 heterocycles. The number of thioether (sulfide) groups is 1. The number of rotatable bonds is 5. The predicted octanol–water partition coefficient (Wildman–Crippen LogP) is 3.17. The molecule has 0 aromatic carbocycles. The average Bonchev–Trinajstić information content (AvgIpc) is 3.15. The van der Waals surface area contributed by atoms with Crippen molar-refractivity contribution >= 4 is 46.0 Å². The number of ketones is 1. The first-order valence-electron chi connectivity index (χ1n) is 7.68. The molecule has 130 valence electrons. The van der Waals surface area contributed by atoms with E-state index >= 15 is 0 Å². The van der Waals surface area contributed by atoms with E-state index in [0.717, 1.165) is 11.8 Å². The van der Waals surface area contributed by atoms with E-state index in [1.54, 1.807) is 24.4 Å². The minimum atomic E-state index is -1.21. The number of quaternary nitrogens is 1. The second kappa shape index (κ2) is 7.58. The number of hydrogen-bond acceptors (Lipinski definition) is 6. The standard InChI is InChI=1S/C16H19NO5S2/c1-10-5-3-7-17(10,16(21)22)15(20)14(24-11(2)18)9-12(19)13-6-4-8-23-13/h4,6,8,10,14H,3,5,7,9H2,1-2H3/p+1/t10-,14?,17?/m1/s1. The summed E-state index contributed by atoms with van der Waals surface area (Å²) < 4.78 is -0.692. The summed E-state index contributed by atoms with van der Waals surface area (Å²) in [6.45, 7) is 3.26. The van der Waals surface area contributed by atoms with Crippen molar-refractivity contribution in [2.24, 2.45) is 0 Å². The van der Waals surface area contributed by atoms with Gasteiger partial charge in [-0.1, -0.05) is 17.8 Å². The Morgan fingerprint density at radius 1 is 1.42 bits per heavy atom. The van der Waals surface area contributed by atoms with Crippen molar-refractivity contribution < 1.29 is 28.8 Å². The Morgan fingerprint density at radius 2 is 2.12 bits per heavy atom. The van der Waals surface area contributed by atoms with Crippen molar-refractivity contribution in [3.63, 3.8) is 0 Å². The van der Waals surface area contributed by atoms with E-state index < -0.39 is 21.7 Å². The van der Waals surface area contributed by atoms with Crippen LogP contribution in [0.25, 0.3) is 0 Å². The van der Waals surface area contributed by atoms with Crippen molar-refractivity contribution in [1.29, 1.82) is 0 Å². The quantitative estimate of drug-likeness (QED) is 0.633. The number of carbonyl (C=O) groups excluding carboxylic acids is 3. The minimum Gasteiger partial charge on any atom is -0.435 e. The van der Waals surface area contributed by atoms with E-state index in [0.29, 0.717) is 17.7 Å². The Balaban J connectivity index is 2.29. The van der Waals surface area contributed by atoms with Gasteiger partial charge in [0.2, 0.25) is 0 Å². The Labute approximate surface area is 148 Å². The molecule has 0 spiro atoms. The summed E-state index contributed by atoms with van der Waals surface area (Å²) in [6.07, 6.45) is -0.101. The molecular weight excluding hydrogens is 350 g/mol. The first-order chi connectivity index (χ1) is 11.3. The molecule has 0 bridgehead atoms. The van der Waals surface area contributed by atoms with E-state index in [1.165, 1.54) is 18.3 Å². The Kier molecular flexibility index (Phi) is 5.95. The van der Waals surface area contributed by atoms with Gasteiger partial charge in [-0.25, -0.2) is 4.79 Å². The maximum Gasteiger partial charge on any atom is 0.521 e. The molecule has 3 atom stereocenters. The van der Waals surface area contributed by atoms with Gasteiger partial charge in [-0.3, -0.25) is 9.59 Å². The number of carboxylic acid groups (broad SMARTS) is 1. The molecule has 1 aliphatic heterocycles. The SMILES string of the molecule is CC(=O)SC(CC(=O)c1cccs1)C(=O)[N+]1(C(=O)O)CCC[C@H]1C. The molecule has 0 saturated carbocycles.